The largest absolute Gasteiger partial charge is 0.481 e. The summed E-state index contributed by atoms with van der Waals surface area (Å²) in [5.74, 6) is -2.36. The zero-order valence-electron chi connectivity index (χ0n) is 5.44. The fourth-order valence-electron chi connectivity index (χ4n) is 0.253. The first-order valence-electron chi connectivity index (χ1n) is 2.16. The van der Waals surface area contributed by atoms with Crippen molar-refractivity contribution in [1.29, 1.82) is 0 Å². The fourth-order valence-corrected chi connectivity index (χ4v) is 0.409. The zero-order chi connectivity index (χ0) is 7.44. The Kier molecular flexibility index (Phi) is 8.95. The van der Waals surface area contributed by atoms with E-state index in [-0.39, 0.29) is 51.4 Å². The van der Waals surface area contributed by atoms with Gasteiger partial charge < -0.3 is 10.2 Å². The van der Waals surface area contributed by atoms with Crippen LogP contribution >= 0.6 is 12.6 Å². The van der Waals surface area contributed by atoms with Crippen LogP contribution in [0.3, 0.4) is 0 Å². The standard InChI is InChI=1S/C4H6O4S.K/c5-3(6)1-2(9)4(7)8;/h2,9H,1H2,(H,5,6)(H,7,8);. The number of carbonyl (C=O) groups is 2. The third-order valence-electron chi connectivity index (χ3n) is 0.653. The van der Waals surface area contributed by atoms with Crippen molar-refractivity contribution in [3.05, 3.63) is 0 Å². The van der Waals surface area contributed by atoms with E-state index < -0.39 is 23.6 Å². The number of carboxylic acid groups (broad SMARTS) is 2. The smallest absolute Gasteiger partial charge is 0.316 e. The maximum absolute atomic E-state index is 9.90. The number of aliphatic carboxylic acids is 2. The molecule has 0 heterocycles. The number of thiol groups is 1. The molecule has 0 aromatic rings. The summed E-state index contributed by atoms with van der Waals surface area (Å²) >= 11 is 3.48. The van der Waals surface area contributed by atoms with Gasteiger partial charge in [0, 0.05) is 51.4 Å². The van der Waals surface area contributed by atoms with Crippen LogP contribution in [0.2, 0.25) is 0 Å². The zero-order valence-corrected chi connectivity index (χ0v) is 9.46. The molecule has 0 aliphatic heterocycles. The van der Waals surface area contributed by atoms with Gasteiger partial charge in [-0.25, -0.2) is 0 Å². The molecule has 0 aliphatic carbocycles. The Balaban J connectivity index is 0. The monoisotopic (exact) mass is 189 g/mol. The summed E-state index contributed by atoms with van der Waals surface area (Å²) in [6.45, 7) is 0. The molecule has 6 heteroatoms. The van der Waals surface area contributed by atoms with Gasteiger partial charge >= 0.3 is 11.9 Å². The first-order chi connectivity index (χ1) is 4.04. The molecule has 0 aromatic heterocycles. The van der Waals surface area contributed by atoms with E-state index in [0.717, 1.165) is 0 Å². The van der Waals surface area contributed by atoms with Crippen LogP contribution in [0, 0.1) is 0 Å². The topological polar surface area (TPSA) is 74.6 Å². The molecule has 53 valence electrons. The normalized spacial score (nSPS) is 11.3. The molecule has 0 spiro atoms. The van der Waals surface area contributed by atoms with Crippen molar-refractivity contribution in [2.75, 3.05) is 0 Å². The van der Waals surface area contributed by atoms with Crippen LogP contribution in [0.15, 0.2) is 0 Å². The van der Waals surface area contributed by atoms with E-state index >= 15 is 0 Å². The van der Waals surface area contributed by atoms with E-state index in [1.165, 1.54) is 0 Å². The third kappa shape index (κ3) is 7.04. The molecule has 0 saturated heterocycles. The van der Waals surface area contributed by atoms with Crippen LogP contribution in [0.1, 0.15) is 6.42 Å². The Morgan fingerprint density at radius 3 is 1.90 bits per heavy atom. The molecular weight excluding hydrogens is 183 g/mol. The molecule has 10 heavy (non-hydrogen) atoms. The molecule has 0 aliphatic rings. The van der Waals surface area contributed by atoms with E-state index in [2.05, 4.69) is 12.6 Å². The van der Waals surface area contributed by atoms with Gasteiger partial charge in [0.15, 0.2) is 0 Å². The molecule has 0 fully saturated rings. The van der Waals surface area contributed by atoms with Crippen LogP contribution in [-0.2, 0) is 9.59 Å². The number of hydrogen-bond donors (Lipinski definition) is 3. The molecule has 0 amide bonds. The summed E-state index contributed by atoms with van der Waals surface area (Å²) in [6, 6.07) is 0. The third-order valence-corrected chi connectivity index (χ3v) is 1.06. The van der Waals surface area contributed by atoms with Crippen LogP contribution in [0.5, 0.6) is 0 Å². The van der Waals surface area contributed by atoms with E-state index in [1.807, 2.05) is 0 Å². The maximum Gasteiger partial charge on any atom is 0.316 e. The van der Waals surface area contributed by atoms with Gasteiger partial charge in [-0.15, -0.1) is 0 Å². The molecule has 1 unspecified atom stereocenters. The van der Waals surface area contributed by atoms with Crippen molar-refractivity contribution >= 4 is 76.0 Å². The summed E-state index contributed by atoms with van der Waals surface area (Å²) < 4.78 is 0. The van der Waals surface area contributed by atoms with Gasteiger partial charge in [0.2, 0.25) is 0 Å². The minimum Gasteiger partial charge on any atom is -0.481 e. The summed E-state index contributed by atoms with van der Waals surface area (Å²) in [4.78, 5) is 19.7. The van der Waals surface area contributed by atoms with E-state index in [4.69, 9.17) is 10.2 Å². The quantitative estimate of drug-likeness (QED) is 0.412. The Morgan fingerprint density at radius 2 is 1.80 bits per heavy atom. The van der Waals surface area contributed by atoms with Gasteiger partial charge in [0.25, 0.3) is 0 Å². The summed E-state index contributed by atoms with van der Waals surface area (Å²) in [7, 11) is 0. The van der Waals surface area contributed by atoms with Gasteiger partial charge in [-0.2, -0.15) is 12.6 Å². The molecule has 0 saturated carbocycles. The summed E-state index contributed by atoms with van der Waals surface area (Å²) in [5, 5.41) is 15.0. The van der Waals surface area contributed by atoms with Crippen LogP contribution < -0.4 is 0 Å². The maximum atomic E-state index is 9.90. The molecule has 1 radical (unpaired) electrons. The molecule has 0 bridgehead atoms. The van der Waals surface area contributed by atoms with Crippen molar-refractivity contribution in [1.82, 2.24) is 0 Å². The van der Waals surface area contributed by atoms with Crippen molar-refractivity contribution in [3.8, 4) is 0 Å². The van der Waals surface area contributed by atoms with E-state index in [0.29, 0.717) is 0 Å². The molecule has 0 rings (SSSR count). The summed E-state index contributed by atoms with van der Waals surface area (Å²) in [6.07, 6.45) is -0.446. The predicted octanol–water partition coefficient (Wildman–Crippen LogP) is -0.537. The summed E-state index contributed by atoms with van der Waals surface area (Å²) in [5.41, 5.74) is 0. The number of carboxylic acids is 2. The van der Waals surface area contributed by atoms with Crippen molar-refractivity contribution in [2.45, 2.75) is 11.7 Å². The molecule has 0 aromatic carbocycles. The van der Waals surface area contributed by atoms with Gasteiger partial charge in [0.1, 0.15) is 5.25 Å². The van der Waals surface area contributed by atoms with E-state index in [1.54, 1.807) is 0 Å². The molecular formula is C4H6KO4S. The SMILES string of the molecule is O=C(O)CC(S)C(=O)O.[K]. The van der Waals surface area contributed by atoms with Crippen LogP contribution in [0.4, 0.5) is 0 Å². The fraction of sp³-hybridized carbons (Fsp3) is 0.500. The van der Waals surface area contributed by atoms with Gasteiger partial charge in [-0.05, 0) is 0 Å². The van der Waals surface area contributed by atoms with Crippen LogP contribution in [-0.4, -0.2) is 78.8 Å². The Morgan fingerprint density at radius 1 is 1.40 bits per heavy atom. The first-order valence-corrected chi connectivity index (χ1v) is 2.68. The Hall–Kier alpha value is 0.926. The average Bonchev–Trinajstić information content (AvgIpc) is 1.63. The Bertz CT molecular complexity index is 137. The van der Waals surface area contributed by atoms with E-state index in [9.17, 15) is 9.59 Å². The van der Waals surface area contributed by atoms with Gasteiger partial charge in [-0.3, -0.25) is 9.59 Å². The minimum absolute atomic E-state index is 0. The average molecular weight is 189 g/mol. The number of hydrogen-bond acceptors (Lipinski definition) is 3. The second kappa shape index (κ2) is 6.63. The number of rotatable bonds is 3. The predicted molar refractivity (Wildman–Crippen MR) is 38.4 cm³/mol. The first kappa shape index (κ1) is 13.5. The van der Waals surface area contributed by atoms with Crippen molar-refractivity contribution in [3.63, 3.8) is 0 Å². The van der Waals surface area contributed by atoms with Crippen molar-refractivity contribution < 1.29 is 19.8 Å². The molecule has 1 atom stereocenters. The van der Waals surface area contributed by atoms with Crippen molar-refractivity contribution in [2.24, 2.45) is 0 Å². The second-order valence-electron chi connectivity index (χ2n) is 1.45. The molecule has 2 N–H and O–H groups in total. The van der Waals surface area contributed by atoms with Crippen LogP contribution in [0.25, 0.3) is 0 Å². The second-order valence-corrected chi connectivity index (χ2v) is 2.08. The Labute approximate surface area is 106 Å². The van der Waals surface area contributed by atoms with Gasteiger partial charge in [0.05, 0.1) is 6.42 Å². The molecule has 4 nitrogen and oxygen atoms in total. The minimum atomic E-state index is -1.21. The van der Waals surface area contributed by atoms with Gasteiger partial charge in [-0.1, -0.05) is 0 Å².